The summed E-state index contributed by atoms with van der Waals surface area (Å²) in [5.41, 5.74) is 3.03. The first-order chi connectivity index (χ1) is 16.5. The Kier molecular flexibility index (Phi) is 6.24. The number of methoxy groups -OCH3 is 1. The average Bonchev–Trinajstić information content (AvgIpc) is 3.57. The first-order valence-corrected chi connectivity index (χ1v) is 13.4. The lowest BCUT2D eigenvalue weighted by atomic mass is 9.98. The van der Waals surface area contributed by atoms with E-state index in [1.54, 1.807) is 19.2 Å². The molecule has 1 aromatic heterocycles. The number of rotatable bonds is 7. The second kappa shape index (κ2) is 9.32. The Hall–Kier alpha value is -3.01. The van der Waals surface area contributed by atoms with Crippen LogP contribution in [0.25, 0.3) is 10.8 Å². The molecule has 3 aromatic carbocycles. The number of anilines is 1. The largest absolute Gasteiger partial charge is 0.497 e. The van der Waals surface area contributed by atoms with Crippen molar-refractivity contribution in [1.29, 1.82) is 0 Å². The SMILES string of the molecule is COc1ccc(CN(c2ncns2)S(=O)(=O)c2ccc3c(C4CCCN4)cccc3c2)c(C)c1. The van der Waals surface area contributed by atoms with Crippen LogP contribution in [-0.4, -0.2) is 31.4 Å². The van der Waals surface area contributed by atoms with Crippen molar-refractivity contribution in [2.75, 3.05) is 18.0 Å². The van der Waals surface area contributed by atoms with Crippen LogP contribution in [0.1, 0.15) is 35.6 Å². The van der Waals surface area contributed by atoms with Gasteiger partial charge in [0.05, 0.1) is 18.6 Å². The fourth-order valence-corrected chi connectivity index (χ4v) is 6.65. The number of hydrogen-bond donors (Lipinski definition) is 1. The van der Waals surface area contributed by atoms with E-state index in [2.05, 4.69) is 20.7 Å². The molecule has 1 saturated heterocycles. The zero-order valence-corrected chi connectivity index (χ0v) is 20.7. The van der Waals surface area contributed by atoms with E-state index in [1.807, 2.05) is 43.3 Å². The van der Waals surface area contributed by atoms with Crippen molar-refractivity contribution in [2.24, 2.45) is 0 Å². The minimum atomic E-state index is -3.88. The van der Waals surface area contributed by atoms with Crippen molar-refractivity contribution in [2.45, 2.75) is 37.2 Å². The minimum Gasteiger partial charge on any atom is -0.497 e. The average molecular weight is 495 g/mol. The van der Waals surface area contributed by atoms with E-state index in [0.717, 1.165) is 58.6 Å². The highest BCUT2D eigenvalue weighted by atomic mass is 32.2. The van der Waals surface area contributed by atoms with Crippen LogP contribution in [0.3, 0.4) is 0 Å². The third-order valence-corrected chi connectivity index (χ3v) is 8.87. The molecule has 0 amide bonds. The molecule has 0 bridgehead atoms. The number of ether oxygens (including phenoxy) is 1. The third kappa shape index (κ3) is 4.26. The predicted molar refractivity (Wildman–Crippen MR) is 135 cm³/mol. The molecule has 0 aliphatic carbocycles. The van der Waals surface area contributed by atoms with Crippen LogP contribution >= 0.6 is 11.5 Å². The second-order valence-corrected chi connectivity index (χ2v) is 11.0. The molecule has 1 aliphatic heterocycles. The number of benzene rings is 3. The maximum Gasteiger partial charge on any atom is 0.266 e. The smallest absolute Gasteiger partial charge is 0.266 e. The van der Waals surface area contributed by atoms with Crippen LogP contribution in [0.15, 0.2) is 65.8 Å². The Balaban J connectivity index is 1.55. The van der Waals surface area contributed by atoms with Gasteiger partial charge in [0.2, 0.25) is 5.13 Å². The Labute approximate surface area is 203 Å². The summed E-state index contributed by atoms with van der Waals surface area (Å²) in [7, 11) is -2.27. The molecule has 1 unspecified atom stereocenters. The number of nitrogens with one attached hydrogen (secondary N) is 1. The molecule has 0 radical (unpaired) electrons. The molecule has 0 saturated carbocycles. The Morgan fingerprint density at radius 1 is 1.18 bits per heavy atom. The summed E-state index contributed by atoms with van der Waals surface area (Å²) in [4.78, 5) is 4.45. The summed E-state index contributed by atoms with van der Waals surface area (Å²) in [5, 5.41) is 5.86. The molecule has 1 fully saturated rings. The molecule has 1 atom stereocenters. The van der Waals surface area contributed by atoms with Crippen molar-refractivity contribution >= 4 is 37.5 Å². The third-order valence-electron chi connectivity index (χ3n) is 6.34. The van der Waals surface area contributed by atoms with Crippen molar-refractivity contribution in [3.8, 4) is 5.75 Å². The minimum absolute atomic E-state index is 0.150. The van der Waals surface area contributed by atoms with Gasteiger partial charge in [-0.15, -0.1) is 0 Å². The lowest BCUT2D eigenvalue weighted by molar-refractivity contribution is 0.414. The van der Waals surface area contributed by atoms with Crippen LogP contribution < -0.4 is 14.4 Å². The molecular formula is C25H26N4O3S2. The van der Waals surface area contributed by atoms with Gasteiger partial charge < -0.3 is 10.1 Å². The van der Waals surface area contributed by atoms with Crippen LogP contribution in [0.5, 0.6) is 5.75 Å². The van der Waals surface area contributed by atoms with E-state index in [0.29, 0.717) is 11.2 Å². The molecular weight excluding hydrogens is 468 g/mol. The zero-order valence-electron chi connectivity index (χ0n) is 19.1. The quantitative estimate of drug-likeness (QED) is 0.396. The predicted octanol–water partition coefficient (Wildman–Crippen LogP) is 4.83. The van der Waals surface area contributed by atoms with Gasteiger partial charge in [-0.3, -0.25) is 0 Å². The summed E-state index contributed by atoms with van der Waals surface area (Å²) in [6.07, 6.45) is 3.62. The fraction of sp³-hybridized carbons (Fsp3) is 0.280. The normalized spacial score (nSPS) is 16.1. The van der Waals surface area contributed by atoms with Crippen molar-refractivity contribution in [1.82, 2.24) is 14.7 Å². The molecule has 1 aliphatic rings. The van der Waals surface area contributed by atoms with Gasteiger partial charge in [-0.1, -0.05) is 30.3 Å². The van der Waals surface area contributed by atoms with E-state index >= 15 is 0 Å². The molecule has 9 heteroatoms. The van der Waals surface area contributed by atoms with Gasteiger partial charge >= 0.3 is 0 Å². The molecule has 1 N–H and O–H groups in total. The summed E-state index contributed by atoms with van der Waals surface area (Å²) in [5.74, 6) is 0.730. The topological polar surface area (TPSA) is 84.4 Å². The van der Waals surface area contributed by atoms with E-state index in [4.69, 9.17) is 4.74 Å². The summed E-state index contributed by atoms with van der Waals surface area (Å²) in [6.45, 7) is 3.10. The van der Waals surface area contributed by atoms with Gasteiger partial charge in [-0.05, 0) is 78.0 Å². The van der Waals surface area contributed by atoms with E-state index in [9.17, 15) is 8.42 Å². The first kappa shape index (κ1) is 22.8. The molecule has 4 aromatic rings. The summed E-state index contributed by atoms with van der Waals surface area (Å²) >= 11 is 1.06. The van der Waals surface area contributed by atoms with Gasteiger partial charge in [-0.2, -0.15) is 4.37 Å². The number of aryl methyl sites for hydroxylation is 1. The van der Waals surface area contributed by atoms with Crippen molar-refractivity contribution < 1.29 is 13.2 Å². The van der Waals surface area contributed by atoms with Gasteiger partial charge in [0.15, 0.2) is 0 Å². The van der Waals surface area contributed by atoms with Gasteiger partial charge in [-0.25, -0.2) is 17.7 Å². The fourth-order valence-electron chi connectivity index (χ4n) is 4.49. The number of sulfonamides is 1. The van der Waals surface area contributed by atoms with Crippen LogP contribution in [0, 0.1) is 6.92 Å². The molecule has 34 heavy (non-hydrogen) atoms. The van der Waals surface area contributed by atoms with Crippen LogP contribution in [0.4, 0.5) is 5.13 Å². The van der Waals surface area contributed by atoms with E-state index < -0.39 is 10.0 Å². The lowest BCUT2D eigenvalue weighted by Crippen LogP contribution is -2.30. The monoisotopic (exact) mass is 494 g/mol. The van der Waals surface area contributed by atoms with Gasteiger partial charge in [0.25, 0.3) is 10.0 Å². The number of fused-ring (bicyclic) bond motifs is 1. The highest BCUT2D eigenvalue weighted by molar-refractivity contribution is 7.93. The van der Waals surface area contributed by atoms with Crippen LogP contribution in [0.2, 0.25) is 0 Å². The molecule has 0 spiro atoms. The first-order valence-electron chi connectivity index (χ1n) is 11.2. The Morgan fingerprint density at radius 3 is 2.76 bits per heavy atom. The molecule has 7 nitrogen and oxygen atoms in total. The Bertz CT molecular complexity index is 1420. The van der Waals surface area contributed by atoms with E-state index in [1.165, 1.54) is 16.2 Å². The maximum atomic E-state index is 13.9. The lowest BCUT2D eigenvalue weighted by Gasteiger charge is -2.23. The second-order valence-electron chi connectivity index (χ2n) is 8.41. The highest BCUT2D eigenvalue weighted by Crippen LogP contribution is 2.33. The number of nitrogens with zero attached hydrogens (tertiary/aromatic N) is 3. The summed E-state index contributed by atoms with van der Waals surface area (Å²) in [6, 6.07) is 17.4. The van der Waals surface area contributed by atoms with Gasteiger partial charge in [0, 0.05) is 17.6 Å². The highest BCUT2D eigenvalue weighted by Gasteiger charge is 2.29. The van der Waals surface area contributed by atoms with Gasteiger partial charge in [0.1, 0.15) is 12.1 Å². The summed E-state index contributed by atoms with van der Waals surface area (Å²) < 4.78 is 38.4. The molecule has 2 heterocycles. The molecule has 176 valence electrons. The van der Waals surface area contributed by atoms with Crippen LogP contribution in [-0.2, 0) is 16.6 Å². The van der Waals surface area contributed by atoms with Crippen molar-refractivity contribution in [3.63, 3.8) is 0 Å². The van der Waals surface area contributed by atoms with Crippen molar-refractivity contribution in [3.05, 3.63) is 77.6 Å². The molecule has 5 rings (SSSR count). The zero-order chi connectivity index (χ0) is 23.7. The number of aromatic nitrogens is 2. The standard InChI is InChI=1S/C25H26N4O3S2/c1-17-13-20(32-2)9-8-19(17)15-29(25-27-16-28-33-25)34(30,31)21-10-11-22-18(14-21)5-3-6-23(22)24-7-4-12-26-24/h3,5-6,8-11,13-14,16,24,26H,4,7,12,15H2,1-2H3. The van der Waals surface area contributed by atoms with E-state index in [-0.39, 0.29) is 11.4 Å². The Morgan fingerprint density at radius 2 is 2.06 bits per heavy atom. The number of hydrogen-bond acceptors (Lipinski definition) is 7. The maximum absolute atomic E-state index is 13.9.